The first-order valence-corrected chi connectivity index (χ1v) is 13.8. The van der Waals surface area contributed by atoms with E-state index in [-0.39, 0.29) is 30.6 Å². The summed E-state index contributed by atoms with van der Waals surface area (Å²) in [5.41, 5.74) is 3.59. The molecule has 2 aliphatic rings. The van der Waals surface area contributed by atoms with Crippen molar-refractivity contribution < 1.29 is 19.4 Å². The van der Waals surface area contributed by atoms with E-state index in [1.165, 1.54) is 36.1 Å². The smallest absolute Gasteiger partial charge is 0.312 e. The molecule has 1 heterocycles. The number of aliphatic hydroxyl groups excluding tert-OH is 1. The van der Waals surface area contributed by atoms with Gasteiger partial charge in [0.2, 0.25) is 0 Å². The van der Waals surface area contributed by atoms with E-state index in [0.29, 0.717) is 11.8 Å². The lowest BCUT2D eigenvalue weighted by Gasteiger charge is -2.28. The van der Waals surface area contributed by atoms with Gasteiger partial charge in [0.25, 0.3) is 0 Å². The minimum absolute atomic E-state index is 0.0335. The van der Waals surface area contributed by atoms with Crippen molar-refractivity contribution in [3.05, 3.63) is 59.7 Å². The molecule has 4 atom stereocenters. The van der Waals surface area contributed by atoms with Crippen LogP contribution in [0.3, 0.4) is 0 Å². The van der Waals surface area contributed by atoms with E-state index in [0.717, 1.165) is 31.6 Å². The number of rotatable bonds is 13. The molecule has 1 N–H and O–H groups in total. The fourth-order valence-corrected chi connectivity index (χ4v) is 5.79. The van der Waals surface area contributed by atoms with E-state index in [2.05, 4.69) is 69.0 Å². The zero-order valence-electron chi connectivity index (χ0n) is 22.4. The van der Waals surface area contributed by atoms with E-state index in [9.17, 15) is 9.90 Å². The highest BCUT2D eigenvalue weighted by Gasteiger charge is 2.58. The first kappa shape index (κ1) is 26.5. The van der Waals surface area contributed by atoms with Crippen LogP contribution in [0.2, 0.25) is 0 Å². The van der Waals surface area contributed by atoms with Crippen molar-refractivity contribution in [3.63, 3.8) is 0 Å². The number of nitrogens with zero attached hydrogens (tertiary/aromatic N) is 1. The Balaban J connectivity index is 1.33. The fourth-order valence-electron chi connectivity index (χ4n) is 5.79. The van der Waals surface area contributed by atoms with E-state index in [1.807, 2.05) is 12.1 Å². The predicted molar refractivity (Wildman–Crippen MR) is 144 cm³/mol. The van der Waals surface area contributed by atoms with Gasteiger partial charge in [-0.1, -0.05) is 70.9 Å². The van der Waals surface area contributed by atoms with E-state index >= 15 is 0 Å². The Morgan fingerprint density at radius 3 is 2.64 bits per heavy atom. The van der Waals surface area contributed by atoms with Gasteiger partial charge < -0.3 is 19.5 Å². The Labute approximate surface area is 216 Å². The Morgan fingerprint density at radius 1 is 1.14 bits per heavy atom. The number of carbonyl (C=O) groups is 1. The van der Waals surface area contributed by atoms with Crippen LogP contribution < -0.4 is 9.64 Å². The van der Waals surface area contributed by atoms with Gasteiger partial charge in [0, 0.05) is 12.2 Å². The van der Waals surface area contributed by atoms with Crippen LogP contribution in [-0.2, 0) is 16.0 Å². The first-order valence-electron chi connectivity index (χ1n) is 13.8. The molecule has 0 saturated heterocycles. The van der Waals surface area contributed by atoms with Crippen LogP contribution in [0.15, 0.2) is 48.5 Å². The molecule has 4 rings (SSSR count). The number of esters is 1. The van der Waals surface area contributed by atoms with Crippen molar-refractivity contribution in [2.45, 2.75) is 78.4 Å². The third-order valence-corrected chi connectivity index (χ3v) is 7.82. The van der Waals surface area contributed by atoms with Gasteiger partial charge >= 0.3 is 5.97 Å². The van der Waals surface area contributed by atoms with Crippen LogP contribution in [0.25, 0.3) is 0 Å². The normalized spacial score (nSPS) is 23.4. The van der Waals surface area contributed by atoms with Crippen molar-refractivity contribution in [1.82, 2.24) is 0 Å². The molecule has 1 aliphatic carbocycles. The Kier molecular flexibility index (Phi) is 8.61. The second kappa shape index (κ2) is 11.7. The van der Waals surface area contributed by atoms with Gasteiger partial charge in [-0.25, -0.2) is 0 Å². The van der Waals surface area contributed by atoms with Crippen molar-refractivity contribution in [2.24, 2.45) is 17.3 Å². The highest BCUT2D eigenvalue weighted by Crippen LogP contribution is 2.57. The number of carbonyl (C=O) groups excluding carboxylic acids is 1. The molecular weight excluding hydrogens is 450 g/mol. The van der Waals surface area contributed by atoms with Gasteiger partial charge in [-0.15, -0.1) is 0 Å². The molecule has 1 saturated carbocycles. The van der Waals surface area contributed by atoms with E-state index < -0.39 is 6.10 Å². The Hall–Kier alpha value is -2.53. The second-order valence-corrected chi connectivity index (χ2v) is 11.2. The summed E-state index contributed by atoms with van der Waals surface area (Å²) < 4.78 is 11.5. The lowest BCUT2D eigenvalue weighted by Crippen LogP contribution is -2.30. The quantitative estimate of drug-likeness (QED) is 0.261. The van der Waals surface area contributed by atoms with Gasteiger partial charge in [-0.3, -0.25) is 4.79 Å². The first-order chi connectivity index (χ1) is 17.3. The third-order valence-electron chi connectivity index (χ3n) is 7.82. The molecule has 0 aromatic heterocycles. The summed E-state index contributed by atoms with van der Waals surface area (Å²) in [5.74, 6) is 1.35. The number of para-hydroxylation sites is 1. The standard InChI is InChI=1S/C31H43NO4/c1-5-6-9-15-32-28-14-8-7-11-25(28)17-29(32)24-12-10-13-27(16-24)35-20-26(33)21-36-30(34)31(18-22(2)3)19-23(31)4/h7-8,10-14,16,22-23,26,29,33H,5-6,9,15,17-21H2,1-4H3. The summed E-state index contributed by atoms with van der Waals surface area (Å²) in [4.78, 5) is 15.2. The van der Waals surface area contributed by atoms with Crippen LogP contribution >= 0.6 is 0 Å². The summed E-state index contributed by atoms with van der Waals surface area (Å²) in [6, 6.07) is 17.2. The Morgan fingerprint density at radius 2 is 1.92 bits per heavy atom. The topological polar surface area (TPSA) is 59.0 Å². The maximum atomic E-state index is 12.7. The molecule has 4 unspecified atom stereocenters. The molecule has 0 bridgehead atoms. The molecule has 196 valence electrons. The number of hydrogen-bond acceptors (Lipinski definition) is 5. The summed E-state index contributed by atoms with van der Waals surface area (Å²) in [7, 11) is 0. The molecule has 5 nitrogen and oxygen atoms in total. The molecule has 0 spiro atoms. The molecule has 1 fully saturated rings. The van der Waals surface area contributed by atoms with Crippen molar-refractivity contribution in [1.29, 1.82) is 0 Å². The van der Waals surface area contributed by atoms with E-state index in [4.69, 9.17) is 9.47 Å². The van der Waals surface area contributed by atoms with Crippen molar-refractivity contribution in [3.8, 4) is 5.75 Å². The number of aliphatic hydroxyl groups is 1. The monoisotopic (exact) mass is 493 g/mol. The van der Waals surface area contributed by atoms with Gasteiger partial charge in [0.1, 0.15) is 25.1 Å². The number of unbranched alkanes of at least 4 members (excludes halogenated alkanes) is 2. The Bertz CT molecular complexity index is 1020. The number of ether oxygens (including phenoxy) is 2. The summed E-state index contributed by atoms with van der Waals surface area (Å²) in [6.45, 7) is 9.70. The molecule has 1 aliphatic heterocycles. The molecule has 2 aromatic carbocycles. The summed E-state index contributed by atoms with van der Waals surface area (Å²) in [5, 5.41) is 10.4. The second-order valence-electron chi connectivity index (χ2n) is 11.2. The lowest BCUT2D eigenvalue weighted by molar-refractivity contribution is -0.155. The number of anilines is 1. The molecule has 0 radical (unpaired) electrons. The SMILES string of the molecule is CCCCCN1c2ccccc2CC1c1cccc(OCC(O)COC(=O)C2(CC(C)C)CC2C)c1. The molecule has 2 aromatic rings. The van der Waals surface area contributed by atoms with Crippen LogP contribution in [0.4, 0.5) is 5.69 Å². The fraction of sp³-hybridized carbons (Fsp3) is 0.581. The van der Waals surface area contributed by atoms with Crippen LogP contribution in [0.5, 0.6) is 5.75 Å². The van der Waals surface area contributed by atoms with Gasteiger partial charge in [0.15, 0.2) is 0 Å². The zero-order valence-corrected chi connectivity index (χ0v) is 22.4. The highest BCUT2D eigenvalue weighted by atomic mass is 16.6. The highest BCUT2D eigenvalue weighted by molar-refractivity contribution is 5.80. The van der Waals surface area contributed by atoms with E-state index in [1.54, 1.807) is 0 Å². The van der Waals surface area contributed by atoms with Gasteiger partial charge in [0.05, 0.1) is 11.5 Å². The average molecular weight is 494 g/mol. The van der Waals surface area contributed by atoms with Crippen molar-refractivity contribution in [2.75, 3.05) is 24.7 Å². The number of benzene rings is 2. The molecule has 0 amide bonds. The van der Waals surface area contributed by atoms with Gasteiger partial charge in [-0.05, 0) is 66.8 Å². The van der Waals surface area contributed by atoms with Crippen LogP contribution in [0.1, 0.15) is 77.0 Å². The number of fused-ring (bicyclic) bond motifs is 1. The summed E-state index contributed by atoms with van der Waals surface area (Å²) >= 11 is 0. The minimum atomic E-state index is -0.857. The molecule has 5 heteroatoms. The third kappa shape index (κ3) is 6.05. The number of hydrogen-bond donors (Lipinski definition) is 1. The maximum Gasteiger partial charge on any atom is 0.312 e. The maximum absolute atomic E-state index is 12.7. The van der Waals surface area contributed by atoms with Crippen LogP contribution in [-0.4, -0.2) is 36.9 Å². The van der Waals surface area contributed by atoms with Gasteiger partial charge in [-0.2, -0.15) is 0 Å². The predicted octanol–water partition coefficient (Wildman–Crippen LogP) is 6.34. The average Bonchev–Trinajstić information content (AvgIpc) is 3.36. The molecular formula is C31H43NO4. The zero-order chi connectivity index (χ0) is 25.7. The minimum Gasteiger partial charge on any atom is -0.491 e. The van der Waals surface area contributed by atoms with Crippen LogP contribution in [0, 0.1) is 17.3 Å². The lowest BCUT2D eigenvalue weighted by atomic mass is 9.92. The summed E-state index contributed by atoms with van der Waals surface area (Å²) in [6.07, 6.45) is 5.47. The van der Waals surface area contributed by atoms with Crippen molar-refractivity contribution >= 4 is 11.7 Å². The molecule has 36 heavy (non-hydrogen) atoms. The largest absolute Gasteiger partial charge is 0.491 e.